The number of amides is 2. The third-order valence-corrected chi connectivity index (χ3v) is 6.35. The zero-order valence-corrected chi connectivity index (χ0v) is 18.9. The van der Waals surface area contributed by atoms with Gasteiger partial charge >= 0.3 is 0 Å². The van der Waals surface area contributed by atoms with E-state index in [1.165, 1.54) is 6.07 Å². The molecule has 1 heterocycles. The number of rotatable bonds is 6. The first-order valence-electron chi connectivity index (χ1n) is 9.56. The Labute approximate surface area is 198 Å². The average Bonchev–Trinajstić information content (AvgIpc) is 3.03. The van der Waals surface area contributed by atoms with Gasteiger partial charge in [-0.05, 0) is 59.3 Å². The fourth-order valence-corrected chi connectivity index (χ4v) is 4.24. The average molecular weight is 488 g/mol. The van der Waals surface area contributed by atoms with E-state index in [1.54, 1.807) is 66.7 Å². The molecule has 0 spiro atoms. The third-order valence-electron chi connectivity index (χ3n) is 4.71. The third kappa shape index (κ3) is 5.15. The van der Waals surface area contributed by atoms with Crippen molar-refractivity contribution < 1.29 is 18.7 Å². The molecule has 0 atom stereocenters. The van der Waals surface area contributed by atoms with Crippen molar-refractivity contribution in [3.05, 3.63) is 104 Å². The minimum Gasteiger partial charge on any atom is -0.489 e. The number of hydrogen-bond acceptors (Lipinski definition) is 4. The van der Waals surface area contributed by atoms with Gasteiger partial charge in [0.2, 0.25) is 0 Å². The summed E-state index contributed by atoms with van der Waals surface area (Å²) in [6.07, 6.45) is 1.63. The number of benzene rings is 3. The quantitative estimate of drug-likeness (QED) is 0.353. The maximum Gasteiger partial charge on any atom is 0.293 e. The summed E-state index contributed by atoms with van der Waals surface area (Å²) in [6, 6.07) is 18.4. The molecule has 0 aromatic heterocycles. The lowest BCUT2D eigenvalue weighted by Gasteiger charge is -2.13. The summed E-state index contributed by atoms with van der Waals surface area (Å²) >= 11 is 12.8. The lowest BCUT2D eigenvalue weighted by Crippen LogP contribution is -2.27. The first-order chi connectivity index (χ1) is 15.4. The largest absolute Gasteiger partial charge is 0.489 e. The van der Waals surface area contributed by atoms with Crippen molar-refractivity contribution in [2.24, 2.45) is 0 Å². The molecule has 0 N–H and O–H groups in total. The van der Waals surface area contributed by atoms with E-state index in [4.69, 9.17) is 27.9 Å². The standard InChI is InChI=1S/C24H16Cl2FNO3S/c25-19-9-8-16(11-20(19)26)13-28-23(29)22(32-24(28)30)12-15-4-3-6-18(10-15)31-14-17-5-1-2-7-21(17)27/h1-12H,13-14H2/b22-12-. The van der Waals surface area contributed by atoms with Crippen molar-refractivity contribution in [1.29, 1.82) is 0 Å². The van der Waals surface area contributed by atoms with Crippen LogP contribution in [0.2, 0.25) is 10.0 Å². The highest BCUT2D eigenvalue weighted by molar-refractivity contribution is 8.18. The van der Waals surface area contributed by atoms with E-state index in [0.29, 0.717) is 37.4 Å². The molecule has 1 aliphatic rings. The maximum atomic E-state index is 13.8. The summed E-state index contributed by atoms with van der Waals surface area (Å²) in [6.45, 7) is 0.182. The van der Waals surface area contributed by atoms with Crippen molar-refractivity contribution in [2.75, 3.05) is 0 Å². The normalized spacial score (nSPS) is 15.0. The van der Waals surface area contributed by atoms with Crippen molar-refractivity contribution >= 4 is 52.2 Å². The molecular weight excluding hydrogens is 472 g/mol. The summed E-state index contributed by atoms with van der Waals surface area (Å²) in [4.78, 5) is 26.7. The minimum absolute atomic E-state index is 0.0797. The van der Waals surface area contributed by atoms with E-state index in [1.807, 2.05) is 0 Å². The number of carbonyl (C=O) groups is 2. The summed E-state index contributed by atoms with van der Waals surface area (Å²) in [5.74, 6) is -0.194. The van der Waals surface area contributed by atoms with Crippen LogP contribution in [0.1, 0.15) is 16.7 Å². The van der Waals surface area contributed by atoms with E-state index in [2.05, 4.69) is 0 Å². The molecule has 3 aromatic rings. The Kier molecular flexibility index (Phi) is 6.84. The molecule has 0 radical (unpaired) electrons. The van der Waals surface area contributed by atoms with Crippen LogP contribution in [0.15, 0.2) is 71.6 Å². The highest BCUT2D eigenvalue weighted by atomic mass is 35.5. The number of hydrogen-bond donors (Lipinski definition) is 0. The van der Waals surface area contributed by atoms with Gasteiger partial charge in [0.15, 0.2) is 0 Å². The molecule has 8 heteroatoms. The lowest BCUT2D eigenvalue weighted by molar-refractivity contribution is -0.123. The second-order valence-electron chi connectivity index (χ2n) is 6.97. The molecule has 0 aliphatic carbocycles. The summed E-state index contributed by atoms with van der Waals surface area (Å²) in [5.41, 5.74) is 1.84. The van der Waals surface area contributed by atoms with Crippen molar-refractivity contribution in [2.45, 2.75) is 13.2 Å². The van der Waals surface area contributed by atoms with E-state index >= 15 is 0 Å². The number of carbonyl (C=O) groups excluding carboxylic acids is 2. The molecule has 2 amide bonds. The molecule has 4 nitrogen and oxygen atoms in total. The molecule has 4 rings (SSSR count). The van der Waals surface area contributed by atoms with Crippen molar-refractivity contribution in [3.63, 3.8) is 0 Å². The predicted octanol–water partition coefficient (Wildman–Crippen LogP) is 6.95. The zero-order chi connectivity index (χ0) is 22.7. The van der Waals surface area contributed by atoms with Gasteiger partial charge in [-0.1, -0.05) is 59.6 Å². The molecule has 0 bridgehead atoms. The minimum atomic E-state index is -0.385. The summed E-state index contributed by atoms with van der Waals surface area (Å²) < 4.78 is 19.5. The summed E-state index contributed by atoms with van der Waals surface area (Å²) in [5, 5.41) is 0.403. The Hall–Kier alpha value is -2.80. The van der Waals surface area contributed by atoms with Gasteiger partial charge in [0, 0.05) is 5.56 Å². The lowest BCUT2D eigenvalue weighted by atomic mass is 10.2. The Morgan fingerprint density at radius 1 is 0.969 bits per heavy atom. The molecule has 162 valence electrons. The van der Waals surface area contributed by atoms with Crippen LogP contribution in [-0.4, -0.2) is 16.0 Å². The van der Waals surface area contributed by atoms with Gasteiger partial charge < -0.3 is 4.74 Å². The van der Waals surface area contributed by atoms with Crippen LogP contribution in [0.25, 0.3) is 6.08 Å². The van der Waals surface area contributed by atoms with Crippen LogP contribution in [0.4, 0.5) is 9.18 Å². The molecule has 0 saturated carbocycles. The monoisotopic (exact) mass is 487 g/mol. The highest BCUT2D eigenvalue weighted by Crippen LogP contribution is 2.34. The number of halogens is 3. The Bertz CT molecular complexity index is 1230. The van der Waals surface area contributed by atoms with Gasteiger partial charge in [0.1, 0.15) is 18.2 Å². The van der Waals surface area contributed by atoms with Gasteiger partial charge in [-0.25, -0.2) is 4.39 Å². The smallest absolute Gasteiger partial charge is 0.293 e. The van der Waals surface area contributed by atoms with Crippen LogP contribution in [0.3, 0.4) is 0 Å². The first kappa shape index (κ1) is 22.4. The second kappa shape index (κ2) is 9.77. The molecule has 32 heavy (non-hydrogen) atoms. The fourth-order valence-electron chi connectivity index (χ4n) is 3.08. The number of nitrogens with zero attached hydrogens (tertiary/aromatic N) is 1. The van der Waals surface area contributed by atoms with Crippen molar-refractivity contribution in [3.8, 4) is 5.75 Å². The van der Waals surface area contributed by atoms with E-state index < -0.39 is 0 Å². The maximum absolute atomic E-state index is 13.8. The number of thioether (sulfide) groups is 1. The molecule has 1 aliphatic heterocycles. The number of imide groups is 1. The zero-order valence-electron chi connectivity index (χ0n) is 16.6. The van der Waals surface area contributed by atoms with Gasteiger partial charge in [0.05, 0.1) is 21.5 Å². The summed E-state index contributed by atoms with van der Waals surface area (Å²) in [7, 11) is 0. The van der Waals surface area contributed by atoms with E-state index in [0.717, 1.165) is 16.7 Å². The van der Waals surface area contributed by atoms with Gasteiger partial charge in [0.25, 0.3) is 11.1 Å². The predicted molar refractivity (Wildman–Crippen MR) is 125 cm³/mol. The van der Waals surface area contributed by atoms with Crippen LogP contribution >= 0.6 is 35.0 Å². The molecular formula is C24H16Cl2FNO3S. The molecule has 0 unspecified atom stereocenters. The van der Waals surface area contributed by atoms with Crippen LogP contribution in [0, 0.1) is 5.82 Å². The fraction of sp³-hybridized carbons (Fsp3) is 0.0833. The molecule has 1 fully saturated rings. The van der Waals surface area contributed by atoms with E-state index in [-0.39, 0.29) is 30.1 Å². The van der Waals surface area contributed by atoms with Gasteiger partial charge in [-0.3, -0.25) is 14.5 Å². The SMILES string of the molecule is O=C1S/C(=C\c2cccc(OCc3ccccc3F)c2)C(=O)N1Cc1ccc(Cl)c(Cl)c1. The molecule has 1 saturated heterocycles. The Morgan fingerprint density at radius 2 is 1.78 bits per heavy atom. The van der Waals surface area contributed by atoms with Gasteiger partial charge in [-0.15, -0.1) is 0 Å². The topological polar surface area (TPSA) is 46.6 Å². The van der Waals surface area contributed by atoms with Crippen LogP contribution in [-0.2, 0) is 17.9 Å². The van der Waals surface area contributed by atoms with Crippen LogP contribution < -0.4 is 4.74 Å². The second-order valence-corrected chi connectivity index (χ2v) is 8.78. The molecule has 3 aromatic carbocycles. The Balaban J connectivity index is 1.47. The first-order valence-corrected chi connectivity index (χ1v) is 11.1. The number of ether oxygens (including phenoxy) is 1. The van der Waals surface area contributed by atoms with Gasteiger partial charge in [-0.2, -0.15) is 0 Å². The Morgan fingerprint density at radius 3 is 2.56 bits per heavy atom. The highest BCUT2D eigenvalue weighted by Gasteiger charge is 2.35. The van der Waals surface area contributed by atoms with E-state index in [9.17, 15) is 14.0 Å². The van der Waals surface area contributed by atoms with Crippen LogP contribution in [0.5, 0.6) is 5.75 Å². The van der Waals surface area contributed by atoms with Crippen molar-refractivity contribution in [1.82, 2.24) is 4.90 Å².